The lowest BCUT2D eigenvalue weighted by atomic mass is 10.1. The van der Waals surface area contributed by atoms with Crippen LogP contribution in [0.25, 0.3) is 0 Å². The van der Waals surface area contributed by atoms with Gasteiger partial charge in [-0.05, 0) is 38.4 Å². The van der Waals surface area contributed by atoms with E-state index in [0.717, 1.165) is 13.0 Å². The van der Waals surface area contributed by atoms with E-state index in [0.29, 0.717) is 0 Å². The number of pyridine rings is 1. The van der Waals surface area contributed by atoms with E-state index in [4.69, 9.17) is 0 Å². The minimum atomic E-state index is 1.00. The Morgan fingerprint density at radius 3 is 2.67 bits per heavy atom. The summed E-state index contributed by atoms with van der Waals surface area (Å²) in [7, 11) is 1.97. The number of likely N-dealkylation sites (N-methyl/N-ethyl adjacent to an activating group) is 1. The average Bonchev–Trinajstić information content (AvgIpc) is 2.25. The van der Waals surface area contributed by atoms with Crippen molar-refractivity contribution in [1.82, 2.24) is 10.3 Å². The summed E-state index contributed by atoms with van der Waals surface area (Å²) < 4.78 is 0. The van der Waals surface area contributed by atoms with Crippen molar-refractivity contribution in [1.29, 1.82) is 0 Å². The summed E-state index contributed by atoms with van der Waals surface area (Å²) in [4.78, 5) is 4.62. The van der Waals surface area contributed by atoms with Gasteiger partial charge in [-0.1, -0.05) is 19.4 Å². The van der Waals surface area contributed by atoms with Crippen LogP contribution in [0.5, 0.6) is 0 Å². The number of aromatic nitrogens is 1. The van der Waals surface area contributed by atoms with Gasteiger partial charge in [0.15, 0.2) is 0 Å². The highest BCUT2D eigenvalue weighted by Gasteiger charge is 2.01. The fourth-order valence-corrected chi connectivity index (χ4v) is 1.67. The SMILES string of the molecule is CCCCc1ccc(CCNC)nc1C. The molecule has 0 fully saturated rings. The van der Waals surface area contributed by atoms with E-state index in [1.807, 2.05) is 7.05 Å². The summed E-state index contributed by atoms with van der Waals surface area (Å²) in [6, 6.07) is 4.40. The van der Waals surface area contributed by atoms with Gasteiger partial charge in [0.05, 0.1) is 0 Å². The molecule has 1 aromatic heterocycles. The first-order chi connectivity index (χ1) is 7.27. The van der Waals surface area contributed by atoms with Crippen LogP contribution in [0.4, 0.5) is 0 Å². The Hall–Kier alpha value is -0.890. The topological polar surface area (TPSA) is 24.9 Å². The molecule has 0 aliphatic carbocycles. The molecule has 2 heteroatoms. The monoisotopic (exact) mass is 206 g/mol. The molecule has 1 heterocycles. The van der Waals surface area contributed by atoms with E-state index in [1.165, 1.54) is 36.2 Å². The van der Waals surface area contributed by atoms with Gasteiger partial charge in [-0.3, -0.25) is 4.98 Å². The number of unbranched alkanes of at least 4 members (excludes halogenated alkanes) is 1. The van der Waals surface area contributed by atoms with Crippen LogP contribution >= 0.6 is 0 Å². The largest absolute Gasteiger partial charge is 0.319 e. The average molecular weight is 206 g/mol. The maximum Gasteiger partial charge on any atom is 0.0419 e. The summed E-state index contributed by atoms with van der Waals surface area (Å²) in [5.41, 5.74) is 3.81. The van der Waals surface area contributed by atoms with Crippen molar-refractivity contribution in [2.24, 2.45) is 0 Å². The highest BCUT2D eigenvalue weighted by Crippen LogP contribution is 2.10. The first kappa shape index (κ1) is 12.2. The fourth-order valence-electron chi connectivity index (χ4n) is 1.67. The van der Waals surface area contributed by atoms with Crippen molar-refractivity contribution in [2.45, 2.75) is 39.5 Å². The van der Waals surface area contributed by atoms with E-state index in [-0.39, 0.29) is 0 Å². The lowest BCUT2D eigenvalue weighted by Crippen LogP contribution is -2.11. The third-order valence-electron chi connectivity index (χ3n) is 2.68. The molecular weight excluding hydrogens is 184 g/mol. The quantitative estimate of drug-likeness (QED) is 0.773. The Kier molecular flexibility index (Phi) is 5.33. The minimum Gasteiger partial charge on any atom is -0.319 e. The second kappa shape index (κ2) is 6.57. The summed E-state index contributed by atoms with van der Waals surface area (Å²) in [5.74, 6) is 0. The molecule has 0 unspecified atom stereocenters. The molecule has 0 aliphatic heterocycles. The standard InChI is InChI=1S/C13H22N2/c1-4-5-6-12-7-8-13(9-10-14-3)15-11(12)2/h7-8,14H,4-6,9-10H2,1-3H3. The molecular formula is C13H22N2. The van der Waals surface area contributed by atoms with Crippen LogP contribution in [-0.2, 0) is 12.8 Å². The van der Waals surface area contributed by atoms with Gasteiger partial charge in [-0.15, -0.1) is 0 Å². The number of hydrogen-bond acceptors (Lipinski definition) is 2. The molecule has 1 rings (SSSR count). The van der Waals surface area contributed by atoms with Crippen molar-refractivity contribution in [3.63, 3.8) is 0 Å². The van der Waals surface area contributed by atoms with Crippen LogP contribution in [0.2, 0.25) is 0 Å². The van der Waals surface area contributed by atoms with Crippen LogP contribution in [0.15, 0.2) is 12.1 Å². The van der Waals surface area contributed by atoms with Crippen LogP contribution in [-0.4, -0.2) is 18.6 Å². The van der Waals surface area contributed by atoms with Crippen molar-refractivity contribution in [3.8, 4) is 0 Å². The maximum absolute atomic E-state index is 4.62. The smallest absolute Gasteiger partial charge is 0.0419 e. The molecule has 0 saturated carbocycles. The molecule has 2 nitrogen and oxygen atoms in total. The van der Waals surface area contributed by atoms with Gasteiger partial charge in [0.2, 0.25) is 0 Å². The normalized spacial score (nSPS) is 10.6. The Labute approximate surface area is 93.1 Å². The predicted octanol–water partition coefficient (Wildman–Crippen LogP) is 2.49. The Morgan fingerprint density at radius 2 is 2.07 bits per heavy atom. The fraction of sp³-hybridized carbons (Fsp3) is 0.615. The van der Waals surface area contributed by atoms with Gasteiger partial charge in [0.25, 0.3) is 0 Å². The zero-order chi connectivity index (χ0) is 11.1. The molecule has 84 valence electrons. The summed E-state index contributed by atoms with van der Waals surface area (Å²) >= 11 is 0. The van der Waals surface area contributed by atoms with Gasteiger partial charge >= 0.3 is 0 Å². The molecule has 0 saturated heterocycles. The molecule has 1 aromatic rings. The lowest BCUT2D eigenvalue weighted by Gasteiger charge is -2.07. The second-order valence-corrected chi connectivity index (χ2v) is 4.00. The molecule has 1 N–H and O–H groups in total. The van der Waals surface area contributed by atoms with Crippen LogP contribution in [0.3, 0.4) is 0 Å². The van der Waals surface area contributed by atoms with Gasteiger partial charge in [-0.2, -0.15) is 0 Å². The summed E-state index contributed by atoms with van der Waals surface area (Å²) in [6.45, 7) is 5.35. The second-order valence-electron chi connectivity index (χ2n) is 4.00. The van der Waals surface area contributed by atoms with E-state index >= 15 is 0 Å². The molecule has 0 amide bonds. The molecule has 0 atom stereocenters. The number of nitrogens with zero attached hydrogens (tertiary/aromatic N) is 1. The predicted molar refractivity (Wildman–Crippen MR) is 65.2 cm³/mol. The van der Waals surface area contributed by atoms with Gasteiger partial charge in [0, 0.05) is 24.4 Å². The van der Waals surface area contributed by atoms with E-state index in [2.05, 4.69) is 36.3 Å². The molecule has 0 aliphatic rings. The zero-order valence-electron chi connectivity index (χ0n) is 10.1. The molecule has 0 aromatic carbocycles. The van der Waals surface area contributed by atoms with Crippen molar-refractivity contribution < 1.29 is 0 Å². The number of rotatable bonds is 6. The molecule has 0 spiro atoms. The number of aryl methyl sites for hydroxylation is 2. The third kappa shape index (κ3) is 4.00. The highest BCUT2D eigenvalue weighted by molar-refractivity contribution is 5.22. The van der Waals surface area contributed by atoms with Crippen molar-refractivity contribution >= 4 is 0 Å². The molecule has 0 bridgehead atoms. The van der Waals surface area contributed by atoms with Crippen molar-refractivity contribution in [2.75, 3.05) is 13.6 Å². The first-order valence-electron chi connectivity index (χ1n) is 5.88. The first-order valence-corrected chi connectivity index (χ1v) is 5.88. The van der Waals surface area contributed by atoms with Crippen LogP contribution < -0.4 is 5.32 Å². The van der Waals surface area contributed by atoms with Crippen LogP contribution in [0.1, 0.15) is 36.7 Å². The van der Waals surface area contributed by atoms with E-state index in [1.54, 1.807) is 0 Å². The number of hydrogen-bond donors (Lipinski definition) is 1. The van der Waals surface area contributed by atoms with Gasteiger partial charge in [-0.25, -0.2) is 0 Å². The van der Waals surface area contributed by atoms with E-state index < -0.39 is 0 Å². The Bertz CT molecular complexity index is 295. The highest BCUT2D eigenvalue weighted by atomic mass is 14.8. The zero-order valence-corrected chi connectivity index (χ0v) is 10.1. The minimum absolute atomic E-state index is 1.00. The van der Waals surface area contributed by atoms with Crippen LogP contribution in [0, 0.1) is 6.92 Å². The maximum atomic E-state index is 4.62. The van der Waals surface area contributed by atoms with E-state index in [9.17, 15) is 0 Å². The summed E-state index contributed by atoms with van der Waals surface area (Å²) in [6.07, 6.45) is 4.70. The van der Waals surface area contributed by atoms with Gasteiger partial charge < -0.3 is 5.32 Å². The van der Waals surface area contributed by atoms with Gasteiger partial charge in [0.1, 0.15) is 0 Å². The summed E-state index contributed by atoms with van der Waals surface area (Å²) in [5, 5.41) is 3.14. The third-order valence-corrected chi connectivity index (χ3v) is 2.68. The lowest BCUT2D eigenvalue weighted by molar-refractivity contribution is 0.761. The Morgan fingerprint density at radius 1 is 1.27 bits per heavy atom. The Balaban J connectivity index is 2.61. The molecule has 15 heavy (non-hydrogen) atoms. The number of nitrogens with one attached hydrogen (secondary N) is 1. The van der Waals surface area contributed by atoms with Crippen molar-refractivity contribution in [3.05, 3.63) is 29.1 Å². The molecule has 0 radical (unpaired) electrons.